The first kappa shape index (κ1) is 38.9. The summed E-state index contributed by atoms with van der Waals surface area (Å²) in [5, 5.41) is 5.28. The van der Waals surface area contributed by atoms with E-state index in [4.69, 9.17) is 0 Å². The first-order chi connectivity index (χ1) is 29.5. The van der Waals surface area contributed by atoms with Gasteiger partial charge in [0.25, 0.3) is 0 Å². The molecule has 2 aliphatic carbocycles. The lowest BCUT2D eigenvalue weighted by atomic mass is 9.79. The quantitative estimate of drug-likeness (QED) is 0.171. The van der Waals surface area contributed by atoms with Crippen LogP contribution in [-0.4, -0.2) is 0 Å². The summed E-state index contributed by atoms with van der Waals surface area (Å²) in [7, 11) is 0. The van der Waals surface area contributed by atoms with E-state index in [1.54, 1.807) is 0 Å². The molecule has 0 unspecified atom stereocenters. The number of thiophene rings is 1. The molecule has 1 aromatic heterocycles. The van der Waals surface area contributed by atoms with Gasteiger partial charge in [-0.15, -0.1) is 11.3 Å². The minimum Gasteiger partial charge on any atom is -0.310 e. The van der Waals surface area contributed by atoms with Gasteiger partial charge >= 0.3 is 0 Å². The van der Waals surface area contributed by atoms with Crippen molar-refractivity contribution in [3.8, 4) is 33.4 Å². The van der Waals surface area contributed by atoms with E-state index in [1.807, 2.05) is 11.3 Å². The van der Waals surface area contributed by atoms with Crippen molar-refractivity contribution < 1.29 is 0 Å². The van der Waals surface area contributed by atoms with Gasteiger partial charge in [-0.1, -0.05) is 172 Å². The Labute approximate surface area is 371 Å². The summed E-state index contributed by atoms with van der Waals surface area (Å²) >= 11 is 1.98. The van der Waals surface area contributed by atoms with Gasteiger partial charge in [0.15, 0.2) is 0 Å². The molecule has 0 fully saturated rings. The molecular weight excluding hydrogens is 767 g/mol. The smallest absolute Gasteiger partial charge is 0.0543 e. The lowest BCUT2D eigenvalue weighted by Crippen LogP contribution is -2.17. The molecule has 1 heterocycles. The van der Waals surface area contributed by atoms with Crippen molar-refractivity contribution in [3.63, 3.8) is 0 Å². The summed E-state index contributed by atoms with van der Waals surface area (Å²) in [6.07, 6.45) is 0. The van der Waals surface area contributed by atoms with Crippen molar-refractivity contribution in [2.24, 2.45) is 0 Å². The van der Waals surface area contributed by atoms with Crippen molar-refractivity contribution in [1.29, 1.82) is 0 Å². The first-order valence-electron chi connectivity index (χ1n) is 22.3. The summed E-state index contributed by atoms with van der Waals surface area (Å²) in [5.74, 6) is 0. The fraction of sp³-hybridized carbons (Fsp3) is 0.233. The first-order valence-corrected chi connectivity index (χ1v) is 23.2. The largest absolute Gasteiger partial charge is 0.310 e. The highest BCUT2D eigenvalue weighted by atomic mass is 32.1. The van der Waals surface area contributed by atoms with Crippen LogP contribution in [0.5, 0.6) is 0 Å². The van der Waals surface area contributed by atoms with Crippen LogP contribution < -0.4 is 4.90 Å². The zero-order valence-corrected chi connectivity index (χ0v) is 38.6. The van der Waals surface area contributed by atoms with Crippen LogP contribution >= 0.6 is 11.3 Å². The Balaban J connectivity index is 1.15. The molecule has 0 N–H and O–H groups in total. The minimum atomic E-state index is -0.181. The van der Waals surface area contributed by atoms with E-state index < -0.39 is 0 Å². The van der Waals surface area contributed by atoms with Crippen molar-refractivity contribution >= 4 is 59.3 Å². The SMILES string of the molecule is CC(C)(C)c1cc(C(C)(C)C)c2sc3cc4c(cc3c2c1)-c1c(N(c2ccc(-c3cccc5ccccc35)cc2)c2ccc3c(c2)C(C)(C)c2ccccc2-3)cccc1C4(C)C. The third-order valence-electron chi connectivity index (χ3n) is 14.3. The molecule has 306 valence electrons. The molecule has 0 saturated heterocycles. The molecule has 0 spiro atoms. The van der Waals surface area contributed by atoms with Crippen molar-refractivity contribution in [2.75, 3.05) is 4.90 Å². The van der Waals surface area contributed by atoms with Crippen molar-refractivity contribution in [2.45, 2.75) is 90.9 Å². The van der Waals surface area contributed by atoms with Crippen LogP contribution in [0.2, 0.25) is 0 Å². The number of fused-ring (bicyclic) bond motifs is 10. The minimum absolute atomic E-state index is 0.0254. The molecule has 11 rings (SSSR count). The van der Waals surface area contributed by atoms with Gasteiger partial charge in [0.1, 0.15) is 0 Å². The van der Waals surface area contributed by atoms with Crippen molar-refractivity contribution in [1.82, 2.24) is 0 Å². The number of hydrogen-bond acceptors (Lipinski definition) is 2. The molecule has 62 heavy (non-hydrogen) atoms. The van der Waals surface area contributed by atoms with Crippen LogP contribution in [0.4, 0.5) is 17.1 Å². The molecular formula is C60H55NS. The molecule has 1 nitrogen and oxygen atoms in total. The van der Waals surface area contributed by atoms with Crippen LogP contribution in [0.3, 0.4) is 0 Å². The maximum Gasteiger partial charge on any atom is 0.0543 e. The third kappa shape index (κ3) is 5.72. The van der Waals surface area contributed by atoms with Crippen LogP contribution in [-0.2, 0) is 21.7 Å². The molecule has 0 radical (unpaired) electrons. The molecule has 0 aliphatic heterocycles. The standard InChI is InChI=1S/C60H55NS/c1-57(2,3)38-31-46-45-34-47-51(35-54(45)62-56(46)52(32-38)58(4,5)6)60(9,10)49-23-16-24-53(55(47)49)61(40-29-30-44-43-20-13-14-22-48(43)59(7,8)50(44)33-40)39-27-25-37(26-28-39)42-21-15-18-36-17-11-12-19-41(36)42/h11-35H,1-10H3. The van der Waals surface area contributed by atoms with Crippen LogP contribution in [0.15, 0.2) is 152 Å². The topological polar surface area (TPSA) is 3.24 Å². The Morgan fingerprint density at radius 2 is 1.08 bits per heavy atom. The average molecular weight is 822 g/mol. The Hall–Kier alpha value is -5.96. The van der Waals surface area contributed by atoms with Gasteiger partial charge in [-0.2, -0.15) is 0 Å². The summed E-state index contributed by atoms with van der Waals surface area (Å²) in [5.41, 5.74) is 19.5. The molecule has 0 saturated carbocycles. The second kappa shape index (κ2) is 13.3. The maximum absolute atomic E-state index is 2.56. The van der Waals surface area contributed by atoms with Crippen LogP contribution in [0, 0.1) is 0 Å². The van der Waals surface area contributed by atoms with Gasteiger partial charge in [-0.3, -0.25) is 0 Å². The number of nitrogens with zero attached hydrogens (tertiary/aromatic N) is 1. The molecule has 2 aliphatic rings. The highest BCUT2D eigenvalue weighted by Gasteiger charge is 2.40. The van der Waals surface area contributed by atoms with Gasteiger partial charge in [0.05, 0.1) is 5.69 Å². The van der Waals surface area contributed by atoms with E-state index in [2.05, 4.69) is 226 Å². The Kier molecular flexibility index (Phi) is 8.33. The third-order valence-corrected chi connectivity index (χ3v) is 15.5. The van der Waals surface area contributed by atoms with E-state index in [0.717, 1.165) is 5.69 Å². The number of anilines is 3. The molecule has 2 heteroatoms. The van der Waals surface area contributed by atoms with E-state index in [1.165, 1.54) is 109 Å². The molecule has 0 bridgehead atoms. The highest BCUT2D eigenvalue weighted by Crippen LogP contribution is 2.58. The van der Waals surface area contributed by atoms with Crippen LogP contribution in [0.1, 0.15) is 103 Å². The van der Waals surface area contributed by atoms with Gasteiger partial charge in [0, 0.05) is 47.9 Å². The number of benzene rings is 8. The summed E-state index contributed by atoms with van der Waals surface area (Å²) in [4.78, 5) is 2.54. The van der Waals surface area contributed by atoms with E-state index >= 15 is 0 Å². The zero-order chi connectivity index (χ0) is 43.1. The second-order valence-electron chi connectivity index (χ2n) is 21.0. The van der Waals surface area contributed by atoms with Gasteiger partial charge in [-0.25, -0.2) is 0 Å². The maximum atomic E-state index is 2.56. The van der Waals surface area contributed by atoms with E-state index in [0.29, 0.717) is 0 Å². The monoisotopic (exact) mass is 821 g/mol. The number of hydrogen-bond donors (Lipinski definition) is 0. The average Bonchev–Trinajstić information content (AvgIpc) is 3.81. The lowest BCUT2D eigenvalue weighted by molar-refractivity contribution is 0.573. The normalized spacial score (nSPS) is 14.9. The summed E-state index contributed by atoms with van der Waals surface area (Å²) in [6.45, 7) is 23.8. The highest BCUT2D eigenvalue weighted by molar-refractivity contribution is 7.26. The number of rotatable bonds is 4. The van der Waals surface area contributed by atoms with Gasteiger partial charge < -0.3 is 4.90 Å². The fourth-order valence-corrected chi connectivity index (χ4v) is 12.3. The summed E-state index contributed by atoms with van der Waals surface area (Å²) < 4.78 is 2.80. The van der Waals surface area contributed by atoms with E-state index in [9.17, 15) is 0 Å². The Bertz CT molecular complexity index is 3300. The molecule has 0 atom stereocenters. The van der Waals surface area contributed by atoms with Gasteiger partial charge in [0.2, 0.25) is 0 Å². The summed E-state index contributed by atoms with van der Waals surface area (Å²) in [6, 6.07) is 57.9. The fourth-order valence-electron chi connectivity index (χ4n) is 10.8. The Morgan fingerprint density at radius 3 is 1.85 bits per heavy atom. The molecule has 9 aromatic rings. The lowest BCUT2D eigenvalue weighted by Gasteiger charge is -2.30. The zero-order valence-electron chi connectivity index (χ0n) is 37.8. The second-order valence-corrected chi connectivity index (χ2v) is 22.1. The van der Waals surface area contributed by atoms with E-state index in [-0.39, 0.29) is 21.7 Å². The molecule has 0 amide bonds. The predicted octanol–water partition coefficient (Wildman–Crippen LogP) is 17.6. The Morgan fingerprint density at radius 1 is 0.452 bits per heavy atom. The predicted molar refractivity (Wildman–Crippen MR) is 269 cm³/mol. The van der Waals surface area contributed by atoms with Gasteiger partial charge in [-0.05, 0) is 131 Å². The molecule has 8 aromatic carbocycles. The van der Waals surface area contributed by atoms with Crippen LogP contribution in [0.25, 0.3) is 64.3 Å². The van der Waals surface area contributed by atoms with Crippen molar-refractivity contribution in [3.05, 3.63) is 185 Å².